The highest BCUT2D eigenvalue weighted by atomic mass is 35.5. The van der Waals surface area contributed by atoms with E-state index in [1.165, 1.54) is 11.3 Å². The molecule has 7 heteroatoms. The summed E-state index contributed by atoms with van der Waals surface area (Å²) in [7, 11) is 0. The second kappa shape index (κ2) is 8.14. The molecule has 24 heavy (non-hydrogen) atoms. The van der Waals surface area contributed by atoms with E-state index in [4.69, 9.17) is 16.0 Å². The number of rotatable bonds is 6. The van der Waals surface area contributed by atoms with Crippen molar-refractivity contribution < 1.29 is 9.21 Å². The van der Waals surface area contributed by atoms with Crippen LogP contribution in [0.5, 0.6) is 0 Å². The Hall–Kier alpha value is -1.37. The zero-order chi connectivity index (χ0) is 16.9. The monoisotopic (exact) mass is 367 g/mol. The first-order chi connectivity index (χ1) is 11.6. The van der Waals surface area contributed by atoms with Gasteiger partial charge in [-0.1, -0.05) is 11.6 Å². The van der Waals surface area contributed by atoms with Crippen molar-refractivity contribution in [3.63, 3.8) is 0 Å². The molecule has 2 aromatic heterocycles. The maximum Gasteiger partial charge on any atom is 0.224 e. The van der Waals surface area contributed by atoms with Gasteiger partial charge in [0, 0.05) is 19.5 Å². The SMILES string of the molecule is Cc1nc(CCNC(=O)[C@@H]2CCCN(Cc3ccco3)C2)sc1Cl. The Labute approximate surface area is 151 Å². The van der Waals surface area contributed by atoms with Crippen LogP contribution in [0.4, 0.5) is 0 Å². The van der Waals surface area contributed by atoms with Crippen molar-refractivity contribution in [1.82, 2.24) is 15.2 Å². The van der Waals surface area contributed by atoms with E-state index in [9.17, 15) is 4.79 Å². The lowest BCUT2D eigenvalue weighted by Gasteiger charge is -2.31. The van der Waals surface area contributed by atoms with Gasteiger partial charge in [0.25, 0.3) is 0 Å². The van der Waals surface area contributed by atoms with Crippen molar-refractivity contribution in [2.24, 2.45) is 5.92 Å². The van der Waals surface area contributed by atoms with Crippen molar-refractivity contribution in [2.75, 3.05) is 19.6 Å². The van der Waals surface area contributed by atoms with E-state index >= 15 is 0 Å². The van der Waals surface area contributed by atoms with Crippen LogP contribution in [0.2, 0.25) is 4.34 Å². The Morgan fingerprint density at radius 2 is 2.46 bits per heavy atom. The molecular formula is C17H22ClN3O2S. The number of aryl methyl sites for hydroxylation is 1. The Morgan fingerprint density at radius 1 is 1.58 bits per heavy atom. The predicted molar refractivity (Wildman–Crippen MR) is 95.3 cm³/mol. The van der Waals surface area contributed by atoms with Crippen molar-refractivity contribution in [2.45, 2.75) is 32.7 Å². The van der Waals surface area contributed by atoms with Gasteiger partial charge in [-0.25, -0.2) is 4.98 Å². The fourth-order valence-corrected chi connectivity index (χ4v) is 4.11. The standard InChI is InChI=1S/C17H22ClN3O2S/c1-12-16(18)24-15(20-12)6-7-19-17(22)13-4-2-8-21(10-13)11-14-5-3-9-23-14/h3,5,9,13H,2,4,6-8,10-11H2,1H3,(H,19,22)/t13-/m1/s1. The first-order valence-electron chi connectivity index (χ1n) is 8.26. The summed E-state index contributed by atoms with van der Waals surface area (Å²) >= 11 is 7.51. The van der Waals surface area contributed by atoms with Crippen LogP contribution in [-0.4, -0.2) is 35.4 Å². The van der Waals surface area contributed by atoms with Crippen molar-refractivity contribution >= 4 is 28.8 Å². The summed E-state index contributed by atoms with van der Waals surface area (Å²) in [6.45, 7) is 5.08. The van der Waals surface area contributed by atoms with Gasteiger partial charge in [-0.15, -0.1) is 11.3 Å². The summed E-state index contributed by atoms with van der Waals surface area (Å²) in [5.41, 5.74) is 0.865. The molecule has 3 rings (SSSR count). The fourth-order valence-electron chi connectivity index (χ4n) is 3.01. The average Bonchev–Trinajstić information content (AvgIpc) is 3.18. The molecule has 1 saturated heterocycles. The highest BCUT2D eigenvalue weighted by Gasteiger charge is 2.26. The van der Waals surface area contributed by atoms with Gasteiger partial charge < -0.3 is 9.73 Å². The number of carbonyl (C=O) groups is 1. The van der Waals surface area contributed by atoms with Gasteiger partial charge in [-0.2, -0.15) is 0 Å². The molecule has 0 spiro atoms. The number of nitrogens with zero attached hydrogens (tertiary/aromatic N) is 2. The molecule has 1 N–H and O–H groups in total. The molecule has 1 atom stereocenters. The van der Waals surface area contributed by atoms with Crippen molar-refractivity contribution in [3.8, 4) is 0 Å². The maximum atomic E-state index is 12.4. The molecule has 0 aliphatic carbocycles. The molecule has 0 unspecified atom stereocenters. The average molecular weight is 368 g/mol. The topological polar surface area (TPSA) is 58.4 Å². The van der Waals surface area contributed by atoms with Crippen LogP contribution in [-0.2, 0) is 17.8 Å². The number of nitrogens with one attached hydrogen (secondary N) is 1. The summed E-state index contributed by atoms with van der Waals surface area (Å²) in [5.74, 6) is 1.14. The predicted octanol–water partition coefficient (Wildman–Crippen LogP) is 3.27. The maximum absolute atomic E-state index is 12.4. The number of carbonyl (C=O) groups excluding carboxylic acids is 1. The highest BCUT2D eigenvalue weighted by Crippen LogP contribution is 2.23. The van der Waals surface area contributed by atoms with Gasteiger partial charge >= 0.3 is 0 Å². The van der Waals surface area contributed by atoms with Crippen LogP contribution in [0.25, 0.3) is 0 Å². The minimum Gasteiger partial charge on any atom is -0.468 e. The molecule has 130 valence electrons. The molecule has 3 heterocycles. The smallest absolute Gasteiger partial charge is 0.224 e. The normalized spacial score (nSPS) is 18.7. The van der Waals surface area contributed by atoms with Gasteiger partial charge in [-0.05, 0) is 38.4 Å². The number of amides is 1. The third kappa shape index (κ3) is 4.59. The molecular weight excluding hydrogens is 346 g/mol. The van der Waals surface area contributed by atoms with Crippen LogP contribution in [0.1, 0.15) is 29.3 Å². The number of halogens is 1. The number of hydrogen-bond acceptors (Lipinski definition) is 5. The molecule has 0 aromatic carbocycles. The zero-order valence-electron chi connectivity index (χ0n) is 13.8. The summed E-state index contributed by atoms with van der Waals surface area (Å²) in [5, 5.41) is 4.02. The van der Waals surface area contributed by atoms with Gasteiger partial charge in [0.15, 0.2) is 0 Å². The number of furan rings is 1. The molecule has 1 amide bonds. The lowest BCUT2D eigenvalue weighted by atomic mass is 9.97. The lowest BCUT2D eigenvalue weighted by Crippen LogP contribution is -2.43. The third-order valence-electron chi connectivity index (χ3n) is 4.26. The fraction of sp³-hybridized carbons (Fsp3) is 0.529. The largest absolute Gasteiger partial charge is 0.468 e. The molecule has 1 aliphatic rings. The van der Waals surface area contributed by atoms with Crippen LogP contribution >= 0.6 is 22.9 Å². The molecule has 0 bridgehead atoms. The van der Waals surface area contributed by atoms with Crippen LogP contribution in [0, 0.1) is 12.8 Å². The summed E-state index contributed by atoms with van der Waals surface area (Å²) < 4.78 is 6.13. The Balaban J connectivity index is 1.44. The van der Waals surface area contributed by atoms with Crippen LogP contribution in [0.3, 0.4) is 0 Å². The van der Waals surface area contributed by atoms with E-state index in [-0.39, 0.29) is 11.8 Å². The molecule has 0 saturated carbocycles. The molecule has 5 nitrogen and oxygen atoms in total. The number of piperidine rings is 1. The third-order valence-corrected chi connectivity index (χ3v) is 5.77. The van der Waals surface area contributed by atoms with E-state index in [0.29, 0.717) is 6.54 Å². The molecule has 2 aromatic rings. The highest BCUT2D eigenvalue weighted by molar-refractivity contribution is 7.16. The second-order valence-electron chi connectivity index (χ2n) is 6.16. The van der Waals surface area contributed by atoms with E-state index < -0.39 is 0 Å². The van der Waals surface area contributed by atoms with Crippen LogP contribution < -0.4 is 5.32 Å². The molecule has 1 fully saturated rings. The van der Waals surface area contributed by atoms with Gasteiger partial charge in [0.2, 0.25) is 5.91 Å². The first kappa shape index (κ1) is 17.5. The number of thiazole rings is 1. The van der Waals surface area contributed by atoms with E-state index in [0.717, 1.165) is 59.7 Å². The van der Waals surface area contributed by atoms with Crippen LogP contribution in [0.15, 0.2) is 22.8 Å². The van der Waals surface area contributed by atoms with E-state index in [1.807, 2.05) is 19.1 Å². The van der Waals surface area contributed by atoms with Gasteiger partial charge in [0.05, 0.1) is 29.4 Å². The summed E-state index contributed by atoms with van der Waals surface area (Å²) in [4.78, 5) is 19.1. The lowest BCUT2D eigenvalue weighted by molar-refractivity contribution is -0.126. The molecule has 0 radical (unpaired) electrons. The van der Waals surface area contributed by atoms with Gasteiger partial charge in [-0.3, -0.25) is 9.69 Å². The quantitative estimate of drug-likeness (QED) is 0.851. The number of likely N-dealkylation sites (tertiary alicyclic amines) is 1. The Kier molecular flexibility index (Phi) is 5.92. The van der Waals surface area contributed by atoms with Crippen molar-refractivity contribution in [1.29, 1.82) is 0 Å². The minimum atomic E-state index is 0.0512. The number of hydrogen-bond donors (Lipinski definition) is 1. The minimum absolute atomic E-state index is 0.0512. The first-order valence-corrected chi connectivity index (χ1v) is 9.45. The van der Waals surface area contributed by atoms with E-state index in [1.54, 1.807) is 6.26 Å². The van der Waals surface area contributed by atoms with E-state index in [2.05, 4.69) is 15.2 Å². The number of aromatic nitrogens is 1. The molecule has 1 aliphatic heterocycles. The zero-order valence-corrected chi connectivity index (χ0v) is 15.3. The Morgan fingerprint density at radius 3 is 3.17 bits per heavy atom. The van der Waals surface area contributed by atoms with Crippen molar-refractivity contribution in [3.05, 3.63) is 39.2 Å². The Bertz CT molecular complexity index is 652. The van der Waals surface area contributed by atoms with Gasteiger partial charge in [0.1, 0.15) is 10.1 Å². The summed E-state index contributed by atoms with van der Waals surface area (Å²) in [6.07, 6.45) is 4.41. The second-order valence-corrected chi connectivity index (χ2v) is 7.85. The summed E-state index contributed by atoms with van der Waals surface area (Å²) in [6, 6.07) is 3.88.